The number of nitrogens with one attached hydrogen (secondary N) is 1. The number of hydrogen-bond acceptors (Lipinski definition) is 3. The summed E-state index contributed by atoms with van der Waals surface area (Å²) in [5.74, 6) is 0.695. The molecule has 1 aromatic carbocycles. The highest BCUT2D eigenvalue weighted by molar-refractivity contribution is 6.28. The first-order valence-corrected chi connectivity index (χ1v) is 5.94. The highest BCUT2D eigenvalue weighted by atomic mass is 35.5. The van der Waals surface area contributed by atoms with Crippen LogP contribution in [0.5, 0.6) is 0 Å². The van der Waals surface area contributed by atoms with Gasteiger partial charge in [-0.1, -0.05) is 26.0 Å². The molecule has 17 heavy (non-hydrogen) atoms. The van der Waals surface area contributed by atoms with E-state index in [2.05, 4.69) is 15.3 Å². The van der Waals surface area contributed by atoms with E-state index in [4.69, 9.17) is 11.6 Å². The molecule has 0 saturated heterocycles. The van der Waals surface area contributed by atoms with Gasteiger partial charge < -0.3 is 5.32 Å². The van der Waals surface area contributed by atoms with Crippen molar-refractivity contribution >= 4 is 23.1 Å². The third-order valence-corrected chi connectivity index (χ3v) is 2.10. The molecule has 0 atom stereocenters. The maximum absolute atomic E-state index is 5.68. The second-order valence-corrected chi connectivity index (χ2v) is 3.54. The predicted molar refractivity (Wildman–Crippen MR) is 72.9 cm³/mol. The van der Waals surface area contributed by atoms with Gasteiger partial charge in [0.15, 0.2) is 0 Å². The average molecular weight is 250 g/mol. The van der Waals surface area contributed by atoms with Crippen molar-refractivity contribution in [2.45, 2.75) is 20.8 Å². The summed E-state index contributed by atoms with van der Waals surface area (Å²) < 4.78 is 0. The molecule has 0 radical (unpaired) electrons. The molecule has 0 saturated carbocycles. The van der Waals surface area contributed by atoms with Crippen molar-refractivity contribution < 1.29 is 0 Å². The molecule has 1 N–H and O–H groups in total. The normalized spacial score (nSPS) is 9.18. The summed E-state index contributed by atoms with van der Waals surface area (Å²) in [6.07, 6.45) is 1.62. The van der Waals surface area contributed by atoms with Crippen LogP contribution >= 0.6 is 11.6 Å². The first kappa shape index (κ1) is 13.5. The Hall–Kier alpha value is -1.61. The van der Waals surface area contributed by atoms with Gasteiger partial charge in [-0.05, 0) is 42.3 Å². The maximum Gasteiger partial charge on any atom is 0.224 e. The molecule has 0 fully saturated rings. The molecule has 90 valence electrons. The summed E-state index contributed by atoms with van der Waals surface area (Å²) in [7, 11) is 0. The van der Waals surface area contributed by atoms with Gasteiger partial charge in [0.1, 0.15) is 5.82 Å². The molecule has 0 bridgehead atoms. The Labute approximate surface area is 107 Å². The molecule has 0 aliphatic rings. The second kappa shape index (κ2) is 6.86. The van der Waals surface area contributed by atoms with Gasteiger partial charge in [0.25, 0.3) is 0 Å². The molecule has 1 aromatic heterocycles. The van der Waals surface area contributed by atoms with E-state index < -0.39 is 0 Å². The van der Waals surface area contributed by atoms with Crippen LogP contribution in [0.2, 0.25) is 5.28 Å². The van der Waals surface area contributed by atoms with Gasteiger partial charge in [-0.25, -0.2) is 9.97 Å². The molecular weight excluding hydrogens is 234 g/mol. The molecule has 0 aliphatic carbocycles. The van der Waals surface area contributed by atoms with E-state index in [1.165, 1.54) is 5.56 Å². The van der Waals surface area contributed by atoms with Crippen LogP contribution in [0.15, 0.2) is 36.5 Å². The fourth-order valence-electron chi connectivity index (χ4n) is 1.28. The summed E-state index contributed by atoms with van der Waals surface area (Å²) in [5, 5.41) is 3.39. The molecule has 1 heterocycles. The SMILES string of the molecule is CC.Cc1cccc(Nc2ccnc(Cl)n2)c1. The first-order valence-electron chi connectivity index (χ1n) is 5.56. The van der Waals surface area contributed by atoms with E-state index in [0.29, 0.717) is 5.82 Å². The van der Waals surface area contributed by atoms with Crippen molar-refractivity contribution in [3.63, 3.8) is 0 Å². The molecule has 2 rings (SSSR count). The Bertz CT molecular complexity index is 428. The van der Waals surface area contributed by atoms with Gasteiger partial charge in [0, 0.05) is 11.9 Å². The van der Waals surface area contributed by atoms with Gasteiger partial charge in [-0.2, -0.15) is 0 Å². The summed E-state index contributed by atoms with van der Waals surface area (Å²) in [6, 6.07) is 9.81. The summed E-state index contributed by atoms with van der Waals surface area (Å²) in [6.45, 7) is 6.04. The second-order valence-electron chi connectivity index (χ2n) is 3.21. The van der Waals surface area contributed by atoms with Crippen LogP contribution in [0, 0.1) is 6.92 Å². The monoisotopic (exact) mass is 249 g/mol. The molecular formula is C13H16ClN3. The molecule has 2 aromatic rings. The highest BCUT2D eigenvalue weighted by Crippen LogP contribution is 2.15. The van der Waals surface area contributed by atoms with Gasteiger partial charge in [-0.3, -0.25) is 0 Å². The summed E-state index contributed by atoms with van der Waals surface area (Å²) >= 11 is 5.68. The number of rotatable bonds is 2. The Balaban J connectivity index is 0.000000686. The third-order valence-electron chi connectivity index (χ3n) is 1.92. The van der Waals surface area contributed by atoms with Crippen molar-refractivity contribution in [1.29, 1.82) is 0 Å². The fraction of sp³-hybridized carbons (Fsp3) is 0.231. The largest absolute Gasteiger partial charge is 0.340 e. The van der Waals surface area contributed by atoms with Crippen LogP contribution in [-0.4, -0.2) is 9.97 Å². The van der Waals surface area contributed by atoms with E-state index >= 15 is 0 Å². The highest BCUT2D eigenvalue weighted by Gasteiger charge is 1.97. The van der Waals surface area contributed by atoms with E-state index in [0.717, 1.165) is 5.69 Å². The number of hydrogen-bond donors (Lipinski definition) is 1. The van der Waals surface area contributed by atoms with Crippen molar-refractivity contribution in [2.75, 3.05) is 5.32 Å². The number of benzene rings is 1. The average Bonchev–Trinajstić information content (AvgIpc) is 2.31. The van der Waals surface area contributed by atoms with Crippen molar-refractivity contribution in [3.8, 4) is 0 Å². The lowest BCUT2D eigenvalue weighted by molar-refractivity contribution is 1.17. The van der Waals surface area contributed by atoms with Crippen molar-refractivity contribution in [1.82, 2.24) is 9.97 Å². The molecule has 0 spiro atoms. The standard InChI is InChI=1S/C11H10ClN3.C2H6/c1-8-3-2-4-9(7-8)14-10-5-6-13-11(12)15-10;1-2/h2-7H,1H3,(H,13,14,15);1-2H3. The smallest absolute Gasteiger partial charge is 0.224 e. The van der Waals surface area contributed by atoms with Gasteiger partial charge in [0.05, 0.1) is 0 Å². The number of nitrogens with zero attached hydrogens (tertiary/aromatic N) is 2. The number of aromatic nitrogens is 2. The molecule has 0 aliphatic heterocycles. The molecule has 0 unspecified atom stereocenters. The maximum atomic E-state index is 5.68. The first-order chi connectivity index (χ1) is 8.24. The topological polar surface area (TPSA) is 37.8 Å². The van der Waals surface area contributed by atoms with Crippen LogP contribution in [0.1, 0.15) is 19.4 Å². The predicted octanol–water partition coefficient (Wildman–Crippen LogP) is 4.21. The summed E-state index contributed by atoms with van der Waals surface area (Å²) in [4.78, 5) is 7.85. The molecule has 0 amide bonds. The molecule has 3 nitrogen and oxygen atoms in total. The zero-order valence-electron chi connectivity index (χ0n) is 10.2. The fourth-order valence-corrected chi connectivity index (χ4v) is 1.42. The van der Waals surface area contributed by atoms with Crippen molar-refractivity contribution in [2.24, 2.45) is 0 Å². The lowest BCUT2D eigenvalue weighted by Gasteiger charge is -2.05. The Morgan fingerprint density at radius 2 is 1.94 bits per heavy atom. The Kier molecular flexibility index (Phi) is 5.43. The van der Waals surface area contributed by atoms with E-state index in [1.54, 1.807) is 12.3 Å². The van der Waals surface area contributed by atoms with Crippen LogP contribution in [0.25, 0.3) is 0 Å². The van der Waals surface area contributed by atoms with E-state index in [9.17, 15) is 0 Å². The summed E-state index contributed by atoms with van der Waals surface area (Å²) in [5.41, 5.74) is 2.19. The van der Waals surface area contributed by atoms with Gasteiger partial charge in [0.2, 0.25) is 5.28 Å². The Morgan fingerprint density at radius 3 is 2.59 bits per heavy atom. The zero-order valence-corrected chi connectivity index (χ0v) is 11.0. The minimum Gasteiger partial charge on any atom is -0.340 e. The van der Waals surface area contributed by atoms with E-state index in [-0.39, 0.29) is 5.28 Å². The number of anilines is 2. The van der Waals surface area contributed by atoms with Crippen LogP contribution < -0.4 is 5.32 Å². The van der Waals surface area contributed by atoms with E-state index in [1.807, 2.05) is 45.0 Å². The minimum absolute atomic E-state index is 0.243. The van der Waals surface area contributed by atoms with Crippen LogP contribution in [-0.2, 0) is 0 Å². The van der Waals surface area contributed by atoms with Gasteiger partial charge >= 0.3 is 0 Å². The quantitative estimate of drug-likeness (QED) is 0.811. The Morgan fingerprint density at radius 1 is 1.18 bits per heavy atom. The van der Waals surface area contributed by atoms with Gasteiger partial charge in [-0.15, -0.1) is 0 Å². The zero-order chi connectivity index (χ0) is 12.7. The third kappa shape index (κ3) is 4.41. The van der Waals surface area contributed by atoms with Crippen LogP contribution in [0.4, 0.5) is 11.5 Å². The number of halogens is 1. The molecule has 4 heteroatoms. The lowest BCUT2D eigenvalue weighted by Crippen LogP contribution is -1.94. The minimum atomic E-state index is 0.243. The van der Waals surface area contributed by atoms with Crippen LogP contribution in [0.3, 0.4) is 0 Å². The number of aryl methyl sites for hydroxylation is 1. The van der Waals surface area contributed by atoms with Crippen molar-refractivity contribution in [3.05, 3.63) is 47.4 Å². The lowest BCUT2D eigenvalue weighted by atomic mass is 10.2.